The van der Waals surface area contributed by atoms with Crippen LogP contribution in [0.5, 0.6) is 5.75 Å². The lowest BCUT2D eigenvalue weighted by Crippen LogP contribution is -2.47. The standard InChI is InChI=1S/C27H27N5O3/c1-17-4-3-5-18(12-17)13-23-21-14-22(25(33)15-24(21)30-29-23)27(35)31(2)19-6-8-20(9-7-19)32-11-10-28-26(34)16-32/h3-9,12,14-15,33H,10-11,13,16H2,1-2H3,(H,28,34)(H,29,30). The summed E-state index contributed by atoms with van der Waals surface area (Å²) in [5.41, 5.74) is 5.62. The summed E-state index contributed by atoms with van der Waals surface area (Å²) < 4.78 is 0. The van der Waals surface area contributed by atoms with Crippen molar-refractivity contribution in [3.05, 3.63) is 83.0 Å². The van der Waals surface area contributed by atoms with Gasteiger partial charge < -0.3 is 20.2 Å². The van der Waals surface area contributed by atoms with E-state index >= 15 is 0 Å². The Morgan fingerprint density at radius 3 is 2.69 bits per heavy atom. The highest BCUT2D eigenvalue weighted by Crippen LogP contribution is 2.30. The van der Waals surface area contributed by atoms with Gasteiger partial charge >= 0.3 is 0 Å². The van der Waals surface area contributed by atoms with E-state index in [4.69, 9.17) is 0 Å². The summed E-state index contributed by atoms with van der Waals surface area (Å²) in [5.74, 6) is -0.423. The first-order valence-electron chi connectivity index (χ1n) is 11.5. The van der Waals surface area contributed by atoms with Crippen LogP contribution in [-0.4, -0.2) is 53.8 Å². The molecule has 0 spiro atoms. The summed E-state index contributed by atoms with van der Waals surface area (Å²) in [6.45, 7) is 3.72. The molecule has 8 nitrogen and oxygen atoms in total. The number of phenolic OH excluding ortho intramolecular Hbond substituents is 1. The molecule has 0 bridgehead atoms. The van der Waals surface area contributed by atoms with Crippen LogP contribution < -0.4 is 15.1 Å². The van der Waals surface area contributed by atoms with E-state index in [9.17, 15) is 14.7 Å². The van der Waals surface area contributed by atoms with Crippen molar-refractivity contribution < 1.29 is 14.7 Å². The van der Waals surface area contributed by atoms with E-state index in [0.717, 1.165) is 28.9 Å². The minimum atomic E-state index is -0.322. The Hall–Kier alpha value is -4.33. The van der Waals surface area contributed by atoms with Gasteiger partial charge in [-0.05, 0) is 42.8 Å². The highest BCUT2D eigenvalue weighted by atomic mass is 16.3. The number of nitrogens with zero attached hydrogens (tertiary/aromatic N) is 3. The lowest BCUT2D eigenvalue weighted by Gasteiger charge is -2.29. The molecule has 0 unspecified atom stereocenters. The third-order valence-electron chi connectivity index (χ3n) is 6.39. The number of carbonyl (C=O) groups is 2. The monoisotopic (exact) mass is 469 g/mol. The second-order valence-electron chi connectivity index (χ2n) is 8.90. The SMILES string of the molecule is Cc1cccc(Cc2n[nH]c3cc(O)c(C(=O)N(C)c4ccc(N5CCNC(=O)C5)cc4)cc23)c1. The van der Waals surface area contributed by atoms with Gasteiger partial charge in [-0.1, -0.05) is 29.8 Å². The summed E-state index contributed by atoms with van der Waals surface area (Å²) in [6.07, 6.45) is 0.617. The molecule has 8 heteroatoms. The molecule has 2 amide bonds. The van der Waals surface area contributed by atoms with E-state index in [1.807, 2.05) is 54.3 Å². The van der Waals surface area contributed by atoms with Crippen LogP contribution in [0, 0.1) is 6.92 Å². The Morgan fingerprint density at radius 1 is 1.14 bits per heavy atom. The van der Waals surface area contributed by atoms with Gasteiger partial charge in [0.15, 0.2) is 0 Å². The molecule has 1 aliphatic heterocycles. The normalized spacial score (nSPS) is 13.7. The molecular weight excluding hydrogens is 442 g/mol. The minimum Gasteiger partial charge on any atom is -0.507 e. The van der Waals surface area contributed by atoms with E-state index in [-0.39, 0.29) is 23.1 Å². The fourth-order valence-corrected chi connectivity index (χ4v) is 4.47. The maximum absolute atomic E-state index is 13.3. The average Bonchev–Trinajstić information content (AvgIpc) is 3.24. The molecule has 1 fully saturated rings. The van der Waals surface area contributed by atoms with Crippen LogP contribution in [0.25, 0.3) is 10.9 Å². The molecular formula is C27H27N5O3. The Bertz CT molecular complexity index is 1410. The number of carbonyl (C=O) groups excluding carboxylic acids is 2. The van der Waals surface area contributed by atoms with Gasteiger partial charge in [0, 0.05) is 49.4 Å². The number of H-pyrrole nitrogens is 1. The molecule has 1 aliphatic rings. The summed E-state index contributed by atoms with van der Waals surface area (Å²) in [6, 6.07) is 19.0. The Kier molecular flexibility index (Phi) is 5.86. The lowest BCUT2D eigenvalue weighted by atomic mass is 10.0. The van der Waals surface area contributed by atoms with Crippen LogP contribution in [0.15, 0.2) is 60.7 Å². The van der Waals surface area contributed by atoms with Gasteiger partial charge in [0.05, 0.1) is 23.3 Å². The number of rotatable bonds is 5. The topological polar surface area (TPSA) is 102 Å². The van der Waals surface area contributed by atoms with Gasteiger partial charge in [0.1, 0.15) is 5.75 Å². The van der Waals surface area contributed by atoms with Crippen LogP contribution in [0.4, 0.5) is 11.4 Å². The third-order valence-corrected chi connectivity index (χ3v) is 6.39. The van der Waals surface area contributed by atoms with Crippen LogP contribution in [0.3, 0.4) is 0 Å². The number of amides is 2. The van der Waals surface area contributed by atoms with Crippen LogP contribution in [0.1, 0.15) is 27.2 Å². The Labute approximate surface area is 203 Å². The summed E-state index contributed by atoms with van der Waals surface area (Å²) >= 11 is 0. The molecule has 0 radical (unpaired) electrons. The van der Waals surface area contributed by atoms with E-state index in [0.29, 0.717) is 30.7 Å². The van der Waals surface area contributed by atoms with Gasteiger partial charge in [0.2, 0.25) is 5.91 Å². The quantitative estimate of drug-likeness (QED) is 0.416. The summed E-state index contributed by atoms with van der Waals surface area (Å²) in [5, 5.41) is 21.6. The van der Waals surface area contributed by atoms with Gasteiger partial charge in [-0.25, -0.2) is 0 Å². The highest BCUT2D eigenvalue weighted by Gasteiger charge is 2.21. The summed E-state index contributed by atoms with van der Waals surface area (Å²) in [7, 11) is 1.68. The van der Waals surface area contributed by atoms with Gasteiger partial charge in [-0.2, -0.15) is 5.10 Å². The minimum absolute atomic E-state index is 0.000459. The van der Waals surface area contributed by atoms with Crippen LogP contribution in [0.2, 0.25) is 0 Å². The number of aromatic hydroxyl groups is 1. The molecule has 178 valence electrons. The van der Waals surface area contributed by atoms with Crippen molar-refractivity contribution in [1.82, 2.24) is 15.5 Å². The number of aromatic amines is 1. The van der Waals surface area contributed by atoms with Crippen molar-refractivity contribution in [3.8, 4) is 5.75 Å². The molecule has 4 aromatic rings. The second kappa shape index (κ2) is 9.13. The second-order valence-corrected chi connectivity index (χ2v) is 8.90. The van der Waals surface area contributed by atoms with Gasteiger partial charge in [0.25, 0.3) is 5.91 Å². The molecule has 3 aromatic carbocycles. The van der Waals surface area contributed by atoms with E-state index in [1.54, 1.807) is 19.2 Å². The molecule has 2 heterocycles. The average molecular weight is 470 g/mol. The zero-order valence-corrected chi connectivity index (χ0v) is 19.7. The van der Waals surface area contributed by atoms with Crippen molar-refractivity contribution >= 4 is 34.1 Å². The Morgan fingerprint density at radius 2 is 1.94 bits per heavy atom. The number of hydrogen-bond donors (Lipinski definition) is 3. The number of hydrogen-bond acceptors (Lipinski definition) is 5. The molecule has 5 rings (SSSR count). The fourth-order valence-electron chi connectivity index (χ4n) is 4.47. The molecule has 0 saturated carbocycles. The van der Waals surface area contributed by atoms with Crippen LogP contribution >= 0.6 is 0 Å². The molecule has 0 aliphatic carbocycles. The predicted molar refractivity (Wildman–Crippen MR) is 136 cm³/mol. The first-order chi connectivity index (χ1) is 16.9. The number of aryl methyl sites for hydroxylation is 1. The maximum atomic E-state index is 13.3. The number of benzene rings is 3. The lowest BCUT2D eigenvalue weighted by molar-refractivity contribution is -0.120. The zero-order chi connectivity index (χ0) is 24.5. The molecule has 1 aromatic heterocycles. The van der Waals surface area contributed by atoms with E-state index in [1.165, 1.54) is 10.5 Å². The zero-order valence-electron chi connectivity index (χ0n) is 19.7. The van der Waals surface area contributed by atoms with Gasteiger partial charge in [-0.15, -0.1) is 0 Å². The molecule has 1 saturated heterocycles. The van der Waals surface area contributed by atoms with Crippen molar-refractivity contribution in [2.24, 2.45) is 0 Å². The fraction of sp³-hybridized carbons (Fsp3) is 0.222. The van der Waals surface area contributed by atoms with E-state index in [2.05, 4.69) is 21.6 Å². The van der Waals surface area contributed by atoms with Crippen molar-refractivity contribution in [2.45, 2.75) is 13.3 Å². The van der Waals surface area contributed by atoms with Crippen LogP contribution in [-0.2, 0) is 11.2 Å². The van der Waals surface area contributed by atoms with Crippen molar-refractivity contribution in [2.75, 3.05) is 36.5 Å². The van der Waals surface area contributed by atoms with Crippen molar-refractivity contribution in [1.29, 1.82) is 0 Å². The first kappa shape index (κ1) is 22.5. The number of piperazine rings is 1. The highest BCUT2D eigenvalue weighted by molar-refractivity contribution is 6.09. The maximum Gasteiger partial charge on any atom is 0.261 e. The number of fused-ring (bicyclic) bond motifs is 1. The third kappa shape index (κ3) is 4.55. The Balaban J connectivity index is 1.39. The molecule has 3 N–H and O–H groups in total. The molecule has 0 atom stereocenters. The van der Waals surface area contributed by atoms with Gasteiger partial charge in [-0.3, -0.25) is 14.7 Å². The van der Waals surface area contributed by atoms with Crippen molar-refractivity contribution in [3.63, 3.8) is 0 Å². The largest absolute Gasteiger partial charge is 0.507 e. The predicted octanol–water partition coefficient (Wildman–Crippen LogP) is 3.38. The first-order valence-corrected chi connectivity index (χ1v) is 11.5. The molecule has 35 heavy (non-hydrogen) atoms. The smallest absolute Gasteiger partial charge is 0.261 e. The van der Waals surface area contributed by atoms with E-state index < -0.39 is 0 Å². The number of anilines is 2. The number of nitrogens with one attached hydrogen (secondary N) is 2. The number of aromatic nitrogens is 2. The number of phenols is 1. The summed E-state index contributed by atoms with van der Waals surface area (Å²) in [4.78, 5) is 28.5.